The smallest absolute Gasteiger partial charge is 0.270 e. The van der Waals surface area contributed by atoms with Crippen molar-refractivity contribution in [3.8, 4) is 11.5 Å². The van der Waals surface area contributed by atoms with Crippen molar-refractivity contribution in [2.75, 3.05) is 19.5 Å². The Kier molecular flexibility index (Phi) is 4.48. The number of amides is 1. The number of aromatic nitrogens is 1. The molecule has 0 atom stereocenters. The van der Waals surface area contributed by atoms with Crippen LogP contribution >= 0.6 is 11.5 Å². The third kappa shape index (κ3) is 3.36. The van der Waals surface area contributed by atoms with Crippen molar-refractivity contribution in [1.82, 2.24) is 4.37 Å². The van der Waals surface area contributed by atoms with E-state index >= 15 is 0 Å². The molecule has 0 radical (unpaired) electrons. The summed E-state index contributed by atoms with van der Waals surface area (Å²) >= 11 is 1.15. The summed E-state index contributed by atoms with van der Waals surface area (Å²) in [6.45, 7) is 0. The average molecular weight is 359 g/mol. The minimum Gasteiger partial charge on any atom is -0.497 e. The molecular formula is C16H13N3O5S. The number of carbonyl (C=O) groups is 1. The number of nitro groups is 1. The molecule has 1 N–H and O–H groups in total. The molecule has 0 bridgehead atoms. The first-order chi connectivity index (χ1) is 12.0. The number of carbonyl (C=O) groups excluding carboxylic acids is 1. The first kappa shape index (κ1) is 16.7. The number of non-ortho nitro benzene ring substituents is 1. The van der Waals surface area contributed by atoms with Crippen LogP contribution in [0.1, 0.15) is 10.4 Å². The molecule has 0 saturated carbocycles. The summed E-state index contributed by atoms with van der Waals surface area (Å²) in [5, 5.41) is 14.1. The average Bonchev–Trinajstić information content (AvgIpc) is 3.03. The van der Waals surface area contributed by atoms with Crippen molar-refractivity contribution < 1.29 is 19.2 Å². The maximum Gasteiger partial charge on any atom is 0.270 e. The molecule has 0 aliphatic carbocycles. The minimum atomic E-state index is -0.490. The van der Waals surface area contributed by atoms with Gasteiger partial charge in [0.15, 0.2) is 5.82 Å². The maximum atomic E-state index is 12.5. The number of nitro benzene ring substituents is 1. The van der Waals surface area contributed by atoms with E-state index in [0.29, 0.717) is 22.4 Å². The second-order valence-corrected chi connectivity index (χ2v) is 5.83. The summed E-state index contributed by atoms with van der Waals surface area (Å²) in [5.74, 6) is 0.804. The van der Waals surface area contributed by atoms with Crippen molar-refractivity contribution in [3.05, 3.63) is 52.1 Å². The van der Waals surface area contributed by atoms with E-state index in [0.717, 1.165) is 16.2 Å². The number of anilines is 1. The molecule has 1 heterocycles. The van der Waals surface area contributed by atoms with Gasteiger partial charge < -0.3 is 14.8 Å². The van der Waals surface area contributed by atoms with Gasteiger partial charge >= 0.3 is 0 Å². The summed E-state index contributed by atoms with van der Waals surface area (Å²) in [6, 6.07) is 9.18. The summed E-state index contributed by atoms with van der Waals surface area (Å²) < 4.78 is 15.2. The highest BCUT2D eigenvalue weighted by molar-refractivity contribution is 7.13. The molecule has 0 unspecified atom stereocenters. The second-order valence-electron chi connectivity index (χ2n) is 5.02. The van der Waals surface area contributed by atoms with Crippen LogP contribution in [0.25, 0.3) is 10.1 Å². The molecule has 1 aromatic heterocycles. The molecule has 0 saturated heterocycles. The van der Waals surface area contributed by atoms with Crippen LogP contribution in [-0.4, -0.2) is 29.4 Å². The lowest BCUT2D eigenvalue weighted by Gasteiger charge is -2.08. The van der Waals surface area contributed by atoms with E-state index in [1.807, 2.05) is 0 Å². The first-order valence-electron chi connectivity index (χ1n) is 7.10. The fourth-order valence-corrected chi connectivity index (χ4v) is 2.97. The zero-order valence-corrected chi connectivity index (χ0v) is 14.1. The standard InChI is InChI=1S/C16H13N3O5S/c1-23-11-5-9(6-12(8-11)24-2)16(20)17-15-13-7-10(19(21)22)3-4-14(13)25-18-15/h3-8H,1-2H3,(H,17,18,20). The number of ether oxygens (including phenoxy) is 2. The quantitative estimate of drug-likeness (QED) is 0.552. The van der Waals surface area contributed by atoms with Gasteiger partial charge in [-0.2, -0.15) is 4.37 Å². The number of hydrogen-bond acceptors (Lipinski definition) is 7. The molecule has 0 aliphatic heterocycles. The maximum absolute atomic E-state index is 12.5. The third-order valence-corrected chi connectivity index (χ3v) is 4.34. The molecule has 2 aromatic carbocycles. The van der Waals surface area contributed by atoms with Crippen LogP contribution in [-0.2, 0) is 0 Å². The van der Waals surface area contributed by atoms with Gasteiger partial charge in [0.2, 0.25) is 0 Å². The number of nitrogens with one attached hydrogen (secondary N) is 1. The Balaban J connectivity index is 1.94. The molecule has 9 heteroatoms. The summed E-state index contributed by atoms with van der Waals surface area (Å²) in [4.78, 5) is 23.0. The number of nitrogens with zero attached hydrogens (tertiary/aromatic N) is 2. The zero-order chi connectivity index (χ0) is 18.0. The lowest BCUT2D eigenvalue weighted by atomic mass is 10.1. The fourth-order valence-electron chi connectivity index (χ4n) is 2.25. The highest BCUT2D eigenvalue weighted by Gasteiger charge is 2.16. The normalized spacial score (nSPS) is 10.5. The molecule has 3 rings (SSSR count). The third-order valence-electron chi connectivity index (χ3n) is 3.51. The molecule has 128 valence electrons. The van der Waals surface area contributed by atoms with Gasteiger partial charge in [-0.3, -0.25) is 14.9 Å². The van der Waals surface area contributed by atoms with Gasteiger partial charge in [0, 0.05) is 29.1 Å². The van der Waals surface area contributed by atoms with Crippen LogP contribution in [0.5, 0.6) is 11.5 Å². The molecule has 1 amide bonds. The molecule has 8 nitrogen and oxygen atoms in total. The van der Waals surface area contributed by atoms with Crippen LogP contribution in [0.2, 0.25) is 0 Å². The van der Waals surface area contributed by atoms with Crippen LogP contribution in [0, 0.1) is 10.1 Å². The van der Waals surface area contributed by atoms with Gasteiger partial charge in [0.25, 0.3) is 11.6 Å². The molecule has 3 aromatic rings. The Morgan fingerprint density at radius 2 is 1.84 bits per heavy atom. The van der Waals surface area contributed by atoms with Crippen molar-refractivity contribution in [2.24, 2.45) is 0 Å². The van der Waals surface area contributed by atoms with Gasteiger partial charge in [0.1, 0.15) is 11.5 Å². The Hall–Kier alpha value is -3.20. The zero-order valence-electron chi connectivity index (χ0n) is 13.3. The van der Waals surface area contributed by atoms with Crippen LogP contribution in [0.15, 0.2) is 36.4 Å². The van der Waals surface area contributed by atoms with Crippen LogP contribution in [0.3, 0.4) is 0 Å². The Bertz CT molecular complexity index is 947. The van der Waals surface area contributed by atoms with Crippen molar-refractivity contribution in [3.63, 3.8) is 0 Å². The van der Waals surface area contributed by atoms with E-state index in [-0.39, 0.29) is 11.5 Å². The van der Waals surface area contributed by atoms with Crippen LogP contribution in [0.4, 0.5) is 11.5 Å². The molecule has 0 fully saturated rings. The largest absolute Gasteiger partial charge is 0.497 e. The number of rotatable bonds is 5. The van der Waals surface area contributed by atoms with E-state index in [9.17, 15) is 14.9 Å². The van der Waals surface area contributed by atoms with E-state index in [4.69, 9.17) is 9.47 Å². The number of hydrogen-bond donors (Lipinski definition) is 1. The lowest BCUT2D eigenvalue weighted by molar-refractivity contribution is -0.384. The van der Waals surface area contributed by atoms with Crippen molar-refractivity contribution >= 4 is 39.0 Å². The molecular weight excluding hydrogens is 346 g/mol. The summed E-state index contributed by atoms with van der Waals surface area (Å²) in [5.41, 5.74) is 0.258. The van der Waals surface area contributed by atoms with E-state index < -0.39 is 10.8 Å². The second kappa shape index (κ2) is 6.73. The van der Waals surface area contributed by atoms with E-state index in [1.165, 1.54) is 26.4 Å². The predicted octanol–water partition coefficient (Wildman–Crippen LogP) is 3.47. The topological polar surface area (TPSA) is 104 Å². The molecule has 0 aliphatic rings. The Labute approximate surface area is 146 Å². The predicted molar refractivity (Wildman–Crippen MR) is 93.8 cm³/mol. The summed E-state index contributed by atoms with van der Waals surface area (Å²) in [7, 11) is 2.98. The van der Waals surface area contributed by atoms with E-state index in [2.05, 4.69) is 9.69 Å². The lowest BCUT2D eigenvalue weighted by Crippen LogP contribution is -2.12. The van der Waals surface area contributed by atoms with Gasteiger partial charge in [-0.05, 0) is 29.7 Å². The monoisotopic (exact) mass is 359 g/mol. The Morgan fingerprint density at radius 3 is 2.44 bits per heavy atom. The van der Waals surface area contributed by atoms with Gasteiger partial charge in [-0.15, -0.1) is 0 Å². The van der Waals surface area contributed by atoms with Gasteiger partial charge in [-0.1, -0.05) is 0 Å². The van der Waals surface area contributed by atoms with Crippen molar-refractivity contribution in [2.45, 2.75) is 0 Å². The van der Waals surface area contributed by atoms with E-state index in [1.54, 1.807) is 24.3 Å². The highest BCUT2D eigenvalue weighted by Crippen LogP contribution is 2.31. The fraction of sp³-hybridized carbons (Fsp3) is 0.125. The first-order valence-corrected chi connectivity index (χ1v) is 7.87. The highest BCUT2D eigenvalue weighted by atomic mass is 32.1. The van der Waals surface area contributed by atoms with Gasteiger partial charge in [-0.25, -0.2) is 0 Å². The number of methoxy groups -OCH3 is 2. The van der Waals surface area contributed by atoms with Crippen LogP contribution < -0.4 is 14.8 Å². The van der Waals surface area contributed by atoms with Crippen molar-refractivity contribution in [1.29, 1.82) is 0 Å². The Morgan fingerprint density at radius 1 is 1.16 bits per heavy atom. The molecule has 25 heavy (non-hydrogen) atoms. The molecule has 0 spiro atoms. The van der Waals surface area contributed by atoms with Gasteiger partial charge in [0.05, 0.1) is 23.8 Å². The minimum absolute atomic E-state index is 0.0637. The summed E-state index contributed by atoms with van der Waals surface area (Å²) in [6.07, 6.45) is 0. The SMILES string of the molecule is COc1cc(OC)cc(C(=O)Nc2nsc3ccc([N+](=O)[O-])cc23)c1. The number of fused-ring (bicyclic) bond motifs is 1. The number of benzene rings is 2.